The molecule has 0 saturated carbocycles. The van der Waals surface area contributed by atoms with Crippen LogP contribution >= 0.6 is 0 Å². The average molecular weight is 605 g/mol. The maximum atomic E-state index is 2.56. The Hall–Kier alpha value is -5.98. The Balaban J connectivity index is 1.35. The van der Waals surface area contributed by atoms with Crippen LogP contribution in [-0.4, -0.2) is 0 Å². The predicted octanol–water partition coefficient (Wildman–Crippen LogP) is 11.8. The maximum absolute atomic E-state index is 2.56. The number of hydrogen-bond acceptors (Lipinski definition) is 0. The summed E-state index contributed by atoms with van der Waals surface area (Å²) in [5.74, 6) is 0.770. The summed E-state index contributed by atoms with van der Waals surface area (Å²) in [4.78, 5) is 0. The first-order chi connectivity index (χ1) is 23.8. The number of benzene rings is 6. The van der Waals surface area contributed by atoms with E-state index in [4.69, 9.17) is 0 Å². The van der Waals surface area contributed by atoms with E-state index in [9.17, 15) is 0 Å². The minimum absolute atomic E-state index is 0.369. The van der Waals surface area contributed by atoms with Gasteiger partial charge in [-0.25, -0.2) is 0 Å². The van der Waals surface area contributed by atoms with Crippen LogP contribution in [0.4, 0.5) is 0 Å². The zero-order valence-electron chi connectivity index (χ0n) is 26.2. The van der Waals surface area contributed by atoms with E-state index >= 15 is 0 Å². The van der Waals surface area contributed by atoms with Gasteiger partial charge >= 0.3 is 0 Å². The highest BCUT2D eigenvalue weighted by atomic mass is 14.4. The van der Waals surface area contributed by atoms with Gasteiger partial charge in [-0.1, -0.05) is 146 Å². The van der Waals surface area contributed by atoms with Crippen LogP contribution in [0, 0.1) is 5.92 Å². The highest BCUT2D eigenvalue weighted by Gasteiger charge is 2.40. The Kier molecular flexibility index (Phi) is 4.65. The van der Waals surface area contributed by atoms with Crippen LogP contribution in [0.2, 0.25) is 0 Å². The maximum Gasteiger partial charge on any atom is 0.0211 e. The van der Waals surface area contributed by atoms with Crippen molar-refractivity contribution in [3.63, 3.8) is 0 Å². The van der Waals surface area contributed by atoms with Gasteiger partial charge in [-0.3, -0.25) is 0 Å². The first-order valence-electron chi connectivity index (χ1n) is 17.1. The lowest BCUT2D eigenvalue weighted by atomic mass is 9.64. The van der Waals surface area contributed by atoms with Crippen LogP contribution in [0.1, 0.15) is 17.0 Å². The van der Waals surface area contributed by atoms with Crippen LogP contribution in [0.25, 0.3) is 88.3 Å². The summed E-state index contributed by atoms with van der Waals surface area (Å²) in [5, 5.41) is 14.9. The number of allylic oxidation sites excluding steroid dienone is 9. The monoisotopic (exact) mass is 604 g/mol. The molecular weight excluding hydrogens is 577 g/mol. The van der Waals surface area contributed by atoms with Crippen molar-refractivity contribution in [1.82, 2.24) is 0 Å². The molecule has 0 heteroatoms. The first kappa shape index (κ1) is 25.2. The summed E-state index contributed by atoms with van der Waals surface area (Å²) < 4.78 is 0. The lowest BCUT2D eigenvalue weighted by Gasteiger charge is -2.39. The van der Waals surface area contributed by atoms with Gasteiger partial charge in [0.2, 0.25) is 0 Å². The van der Waals surface area contributed by atoms with E-state index < -0.39 is 0 Å². The van der Waals surface area contributed by atoms with Gasteiger partial charge in [-0.15, -0.1) is 0 Å². The topological polar surface area (TPSA) is 0 Å². The molecule has 2 atom stereocenters. The highest BCUT2D eigenvalue weighted by molar-refractivity contribution is 6.40. The summed E-state index contributed by atoms with van der Waals surface area (Å²) in [7, 11) is 0. The molecule has 0 nitrogen and oxygen atoms in total. The second kappa shape index (κ2) is 8.88. The van der Waals surface area contributed by atoms with E-state index in [2.05, 4.69) is 158 Å². The quantitative estimate of drug-likeness (QED) is 0.184. The third kappa shape index (κ3) is 3.02. The summed E-state index contributed by atoms with van der Waals surface area (Å²) in [5.41, 5.74) is 12.4. The average Bonchev–Trinajstić information content (AvgIpc) is 3.64. The molecule has 0 saturated heterocycles. The van der Waals surface area contributed by atoms with Gasteiger partial charge in [0.05, 0.1) is 0 Å². The molecule has 8 aromatic rings. The van der Waals surface area contributed by atoms with E-state index in [0.29, 0.717) is 11.8 Å². The van der Waals surface area contributed by atoms with Crippen LogP contribution in [-0.2, 0) is 0 Å². The van der Waals surface area contributed by atoms with E-state index in [1.807, 2.05) is 0 Å². The summed E-state index contributed by atoms with van der Waals surface area (Å²) >= 11 is 0. The number of hydrogen-bond donors (Lipinski definition) is 0. The normalized spacial score (nSPS) is 18.8. The zero-order chi connectivity index (χ0) is 31.1. The fourth-order valence-corrected chi connectivity index (χ4v) is 9.87. The molecular formula is C48H28. The minimum atomic E-state index is 0.369. The molecule has 0 aromatic heterocycles. The van der Waals surface area contributed by atoms with Crippen molar-refractivity contribution in [2.45, 2.75) is 5.92 Å². The van der Waals surface area contributed by atoms with E-state index in [-0.39, 0.29) is 0 Å². The Morgan fingerprint density at radius 2 is 1.04 bits per heavy atom. The lowest BCUT2D eigenvalue weighted by Crippen LogP contribution is -2.31. The molecule has 220 valence electrons. The van der Waals surface area contributed by atoms with Gasteiger partial charge in [0, 0.05) is 11.8 Å². The van der Waals surface area contributed by atoms with Gasteiger partial charge in [0.25, 0.3) is 0 Å². The van der Waals surface area contributed by atoms with Gasteiger partial charge < -0.3 is 0 Å². The third-order valence-corrected chi connectivity index (χ3v) is 11.7. The molecule has 48 heavy (non-hydrogen) atoms. The van der Waals surface area contributed by atoms with Crippen molar-refractivity contribution in [3.8, 4) is 22.3 Å². The highest BCUT2D eigenvalue weighted by Crippen LogP contribution is 2.55. The Morgan fingerprint density at radius 1 is 0.417 bits per heavy atom. The van der Waals surface area contributed by atoms with Crippen LogP contribution in [0.5, 0.6) is 0 Å². The molecule has 0 spiro atoms. The minimum Gasteiger partial charge on any atom is -0.0622 e. The van der Waals surface area contributed by atoms with E-state index in [0.717, 1.165) is 0 Å². The summed E-state index contributed by atoms with van der Waals surface area (Å²) in [6.07, 6.45) is 18.9. The van der Waals surface area contributed by atoms with Crippen LogP contribution < -0.4 is 5.22 Å². The lowest BCUT2D eigenvalue weighted by molar-refractivity contribution is 0.619. The molecule has 4 aliphatic rings. The number of fused-ring (bicyclic) bond motifs is 7. The zero-order valence-corrected chi connectivity index (χ0v) is 26.2. The largest absolute Gasteiger partial charge is 0.0622 e. The van der Waals surface area contributed by atoms with Crippen molar-refractivity contribution in [1.29, 1.82) is 0 Å². The van der Waals surface area contributed by atoms with Crippen molar-refractivity contribution < 1.29 is 0 Å². The molecule has 0 heterocycles. The second-order valence-corrected chi connectivity index (χ2v) is 13.9. The van der Waals surface area contributed by atoms with Crippen molar-refractivity contribution in [2.24, 2.45) is 5.92 Å². The molecule has 8 aromatic carbocycles. The van der Waals surface area contributed by atoms with Crippen molar-refractivity contribution in [2.75, 3.05) is 0 Å². The molecule has 0 bridgehead atoms. The van der Waals surface area contributed by atoms with Crippen molar-refractivity contribution in [3.05, 3.63) is 179 Å². The molecule has 4 aliphatic carbocycles. The van der Waals surface area contributed by atoms with E-state index in [1.165, 1.54) is 109 Å². The standard InChI is InChI=1S/C48H28/c1-3-10-28(11-4-1)43-39-25-36-33-23-22-31-21-20-30-14-7-17-32-24-38(46(33)45(31)41(30)32)37(36)26-40(39)44(29-12-5-2-6-13-29)48-35-19-9-16-27-15-8-18-34(42(27)35)47(43)48/h1-26,41,45H. The molecule has 0 aliphatic heterocycles. The van der Waals surface area contributed by atoms with Crippen LogP contribution in [0.15, 0.2) is 162 Å². The molecule has 0 N–H and O–H groups in total. The molecule has 2 unspecified atom stereocenters. The molecule has 0 fully saturated rings. The van der Waals surface area contributed by atoms with Gasteiger partial charge in [-0.2, -0.15) is 0 Å². The van der Waals surface area contributed by atoms with Gasteiger partial charge in [0.15, 0.2) is 0 Å². The fraction of sp³-hybridized carbons (Fsp3) is 0.0417. The molecule has 0 amide bonds. The van der Waals surface area contributed by atoms with E-state index in [1.54, 1.807) is 0 Å². The molecule has 12 rings (SSSR count). The summed E-state index contributed by atoms with van der Waals surface area (Å²) in [6, 6.07) is 41.0. The Bertz CT molecular complexity index is 2960. The Labute approximate surface area is 278 Å². The van der Waals surface area contributed by atoms with Crippen molar-refractivity contribution >= 4 is 66.0 Å². The first-order valence-corrected chi connectivity index (χ1v) is 17.1. The fourth-order valence-electron chi connectivity index (χ4n) is 9.87. The van der Waals surface area contributed by atoms with Gasteiger partial charge in [0.1, 0.15) is 0 Å². The number of rotatable bonds is 2. The van der Waals surface area contributed by atoms with Crippen LogP contribution in [0.3, 0.4) is 0 Å². The molecule has 0 radical (unpaired) electrons. The third-order valence-electron chi connectivity index (χ3n) is 11.7. The van der Waals surface area contributed by atoms with Gasteiger partial charge in [-0.05, 0) is 121 Å². The predicted molar refractivity (Wildman–Crippen MR) is 204 cm³/mol. The smallest absolute Gasteiger partial charge is 0.0211 e. The second-order valence-electron chi connectivity index (χ2n) is 13.9. The SMILES string of the molecule is C1=CC2=CC=C3C=Cc4c5c(c6cc7c(-c8ccccc8)c8c9cccc%10cccc(c8c(-c8ccccc8)c7cc46)c%109)=CC(=C1)C2C35. The Morgan fingerprint density at radius 3 is 1.71 bits per heavy atom. The summed E-state index contributed by atoms with van der Waals surface area (Å²) in [6.45, 7) is 0.